The molecule has 2 heterocycles. The third-order valence-electron chi connectivity index (χ3n) is 4.58. The summed E-state index contributed by atoms with van der Waals surface area (Å²) in [5, 5.41) is 22.4. The van der Waals surface area contributed by atoms with Crippen molar-refractivity contribution >= 4 is 5.90 Å². The fourth-order valence-electron chi connectivity index (χ4n) is 3.38. The van der Waals surface area contributed by atoms with E-state index in [4.69, 9.17) is 10.1 Å². The third kappa shape index (κ3) is 2.45. The predicted molar refractivity (Wildman–Crippen MR) is 94.3 cm³/mol. The summed E-state index contributed by atoms with van der Waals surface area (Å²) in [6, 6.07) is 17.8. The van der Waals surface area contributed by atoms with Crippen molar-refractivity contribution in [1.82, 2.24) is 9.78 Å². The Kier molecular flexibility index (Phi) is 3.77. The van der Waals surface area contributed by atoms with E-state index in [1.807, 2.05) is 30.3 Å². The molecule has 2 atom stereocenters. The Labute approximate surface area is 149 Å². The molecule has 1 aliphatic rings. The number of aromatic nitrogens is 2. The maximum absolute atomic E-state index is 13.4. The molecule has 3 aromatic rings. The van der Waals surface area contributed by atoms with Crippen LogP contribution in [-0.4, -0.2) is 15.7 Å². The Bertz CT molecular complexity index is 1020. The first kappa shape index (κ1) is 16.0. The molecule has 128 valence electrons. The van der Waals surface area contributed by atoms with Crippen LogP contribution in [0.5, 0.6) is 5.88 Å². The van der Waals surface area contributed by atoms with Gasteiger partial charge in [0.1, 0.15) is 17.4 Å². The first-order valence-electron chi connectivity index (χ1n) is 8.14. The van der Waals surface area contributed by atoms with Crippen molar-refractivity contribution < 1.29 is 9.13 Å². The molecule has 26 heavy (non-hydrogen) atoms. The largest absolute Gasteiger partial charge is 0.424 e. The van der Waals surface area contributed by atoms with Crippen molar-refractivity contribution in [2.75, 3.05) is 0 Å². The van der Waals surface area contributed by atoms with Crippen LogP contribution in [0.3, 0.4) is 0 Å². The Morgan fingerprint density at radius 1 is 1.15 bits per heavy atom. The first-order valence-corrected chi connectivity index (χ1v) is 8.14. The normalized spacial score (nSPS) is 18.7. The van der Waals surface area contributed by atoms with Crippen LogP contribution < -0.4 is 4.74 Å². The lowest BCUT2D eigenvalue weighted by atomic mass is 9.79. The zero-order valence-corrected chi connectivity index (χ0v) is 14.0. The van der Waals surface area contributed by atoms with Gasteiger partial charge in [0.05, 0.1) is 11.6 Å². The van der Waals surface area contributed by atoms with Crippen LogP contribution in [0, 0.1) is 28.5 Å². The SMILES string of the molecule is Cn1nc(-c2ccccc2)c2c1OC(=N)C(C#N)C2c1ccc(F)cc1. The number of ether oxygens (including phenoxy) is 1. The molecule has 1 N–H and O–H groups in total. The summed E-state index contributed by atoms with van der Waals surface area (Å²) < 4.78 is 20.6. The van der Waals surface area contributed by atoms with Crippen molar-refractivity contribution in [1.29, 1.82) is 10.7 Å². The number of hydrogen-bond donors (Lipinski definition) is 1. The van der Waals surface area contributed by atoms with Crippen LogP contribution in [0.4, 0.5) is 4.39 Å². The quantitative estimate of drug-likeness (QED) is 0.765. The van der Waals surface area contributed by atoms with Crippen LogP contribution in [0.1, 0.15) is 17.0 Å². The van der Waals surface area contributed by atoms with Gasteiger partial charge in [0.15, 0.2) is 0 Å². The minimum absolute atomic E-state index is 0.128. The Hall–Kier alpha value is -3.46. The van der Waals surface area contributed by atoms with Gasteiger partial charge in [-0.2, -0.15) is 10.4 Å². The summed E-state index contributed by atoms with van der Waals surface area (Å²) in [5.41, 5.74) is 3.08. The number of benzene rings is 2. The Morgan fingerprint density at radius 2 is 1.85 bits per heavy atom. The number of rotatable bonds is 2. The van der Waals surface area contributed by atoms with Gasteiger partial charge in [-0.25, -0.2) is 9.07 Å². The highest BCUT2D eigenvalue weighted by Gasteiger charge is 2.41. The fraction of sp³-hybridized carbons (Fsp3) is 0.150. The van der Waals surface area contributed by atoms with E-state index in [9.17, 15) is 9.65 Å². The van der Waals surface area contributed by atoms with Crippen LogP contribution in [0.15, 0.2) is 54.6 Å². The van der Waals surface area contributed by atoms with Gasteiger partial charge in [0.2, 0.25) is 11.8 Å². The standard InChI is InChI=1S/C20H15FN4O/c1-25-20-17(18(24-25)13-5-3-2-4-6-13)16(15(11-22)19(23)26-20)12-7-9-14(21)10-8-12/h2-10,15-16,23H,1H3. The molecular weight excluding hydrogens is 331 g/mol. The van der Waals surface area contributed by atoms with Crippen molar-refractivity contribution in [2.24, 2.45) is 13.0 Å². The molecule has 0 saturated carbocycles. The second-order valence-corrected chi connectivity index (χ2v) is 6.16. The van der Waals surface area contributed by atoms with Crippen molar-refractivity contribution in [3.63, 3.8) is 0 Å². The molecule has 0 fully saturated rings. The molecule has 0 saturated heterocycles. The molecule has 0 spiro atoms. The van der Waals surface area contributed by atoms with Crippen molar-refractivity contribution in [3.8, 4) is 23.2 Å². The second-order valence-electron chi connectivity index (χ2n) is 6.16. The molecule has 0 radical (unpaired) electrons. The minimum Gasteiger partial charge on any atom is -0.424 e. The molecule has 4 rings (SSSR count). The van der Waals surface area contributed by atoms with E-state index in [0.29, 0.717) is 11.6 Å². The van der Waals surface area contributed by atoms with Crippen LogP contribution in [0.25, 0.3) is 11.3 Å². The molecule has 0 amide bonds. The van der Waals surface area contributed by atoms with Crippen LogP contribution >= 0.6 is 0 Å². The zero-order valence-electron chi connectivity index (χ0n) is 14.0. The topological polar surface area (TPSA) is 74.7 Å². The van der Waals surface area contributed by atoms with Gasteiger partial charge in [-0.05, 0) is 17.7 Å². The third-order valence-corrected chi connectivity index (χ3v) is 4.58. The number of hydrogen-bond acceptors (Lipinski definition) is 4. The summed E-state index contributed by atoms with van der Waals surface area (Å²) in [4.78, 5) is 0. The lowest BCUT2D eigenvalue weighted by Crippen LogP contribution is -2.31. The van der Waals surface area contributed by atoms with E-state index in [1.54, 1.807) is 23.9 Å². The van der Waals surface area contributed by atoms with Crippen LogP contribution in [0.2, 0.25) is 0 Å². The number of fused-ring (bicyclic) bond motifs is 1. The lowest BCUT2D eigenvalue weighted by Gasteiger charge is -2.28. The van der Waals surface area contributed by atoms with Crippen molar-refractivity contribution in [2.45, 2.75) is 5.92 Å². The van der Waals surface area contributed by atoms with Gasteiger partial charge in [-0.1, -0.05) is 42.5 Å². The fourth-order valence-corrected chi connectivity index (χ4v) is 3.38. The molecule has 2 unspecified atom stereocenters. The van der Waals surface area contributed by atoms with E-state index < -0.39 is 11.8 Å². The molecule has 0 bridgehead atoms. The number of aryl methyl sites for hydroxylation is 1. The van der Waals surface area contributed by atoms with Gasteiger partial charge in [0, 0.05) is 18.5 Å². The van der Waals surface area contributed by atoms with Crippen LogP contribution in [-0.2, 0) is 7.05 Å². The molecule has 5 nitrogen and oxygen atoms in total. The zero-order chi connectivity index (χ0) is 18.3. The van der Waals surface area contributed by atoms with Gasteiger partial charge in [-0.3, -0.25) is 5.41 Å². The molecular formula is C20H15FN4O. The van der Waals surface area contributed by atoms with E-state index >= 15 is 0 Å². The van der Waals surface area contributed by atoms with E-state index in [-0.39, 0.29) is 11.7 Å². The highest BCUT2D eigenvalue weighted by atomic mass is 19.1. The maximum atomic E-state index is 13.4. The average molecular weight is 346 g/mol. The summed E-state index contributed by atoms with van der Waals surface area (Å²) in [7, 11) is 1.74. The monoisotopic (exact) mass is 346 g/mol. The first-order chi connectivity index (χ1) is 12.6. The van der Waals surface area contributed by atoms with E-state index in [2.05, 4.69) is 11.2 Å². The highest BCUT2D eigenvalue weighted by molar-refractivity contribution is 5.86. The smallest absolute Gasteiger partial charge is 0.223 e. The summed E-state index contributed by atoms with van der Waals surface area (Å²) in [5.74, 6) is -1.30. The Morgan fingerprint density at radius 3 is 2.50 bits per heavy atom. The average Bonchev–Trinajstić information content (AvgIpc) is 2.98. The van der Waals surface area contributed by atoms with Gasteiger partial charge < -0.3 is 4.74 Å². The summed E-state index contributed by atoms with van der Waals surface area (Å²) in [6.07, 6.45) is 0. The lowest BCUT2D eigenvalue weighted by molar-refractivity contribution is 0.413. The minimum atomic E-state index is -0.806. The predicted octanol–water partition coefficient (Wildman–Crippen LogP) is 3.87. The summed E-state index contributed by atoms with van der Waals surface area (Å²) >= 11 is 0. The highest BCUT2D eigenvalue weighted by Crippen LogP contribution is 2.46. The molecule has 1 aliphatic heterocycles. The summed E-state index contributed by atoms with van der Waals surface area (Å²) in [6.45, 7) is 0. The number of nitriles is 1. The van der Waals surface area contributed by atoms with Gasteiger partial charge >= 0.3 is 0 Å². The number of nitrogens with one attached hydrogen (secondary N) is 1. The molecule has 1 aromatic heterocycles. The van der Waals surface area contributed by atoms with E-state index in [1.165, 1.54) is 12.1 Å². The number of nitrogens with zero attached hydrogens (tertiary/aromatic N) is 3. The van der Waals surface area contributed by atoms with Crippen molar-refractivity contribution in [3.05, 3.63) is 71.5 Å². The second kappa shape index (κ2) is 6.12. The van der Waals surface area contributed by atoms with E-state index in [0.717, 1.165) is 16.7 Å². The molecule has 2 aromatic carbocycles. The Balaban J connectivity index is 1.98. The maximum Gasteiger partial charge on any atom is 0.223 e. The molecule has 6 heteroatoms. The van der Waals surface area contributed by atoms with Gasteiger partial charge in [0.25, 0.3) is 0 Å². The number of halogens is 1. The van der Waals surface area contributed by atoms with Gasteiger partial charge in [-0.15, -0.1) is 0 Å². The molecule has 0 aliphatic carbocycles.